The van der Waals surface area contributed by atoms with E-state index >= 15 is 0 Å². The van der Waals surface area contributed by atoms with Crippen molar-refractivity contribution in [3.63, 3.8) is 0 Å². The predicted octanol–water partition coefficient (Wildman–Crippen LogP) is 6.39. The van der Waals surface area contributed by atoms with Crippen molar-refractivity contribution in [2.45, 2.75) is 35.7 Å². The quantitative estimate of drug-likeness (QED) is 0.0131. The van der Waals surface area contributed by atoms with E-state index in [4.69, 9.17) is 21.1 Å². The molecule has 0 aliphatic heterocycles. The summed E-state index contributed by atoms with van der Waals surface area (Å²) in [6, 6.07) is 27.7. The average molecular weight is 855 g/mol. The first-order valence-corrected chi connectivity index (χ1v) is 20.4. The van der Waals surface area contributed by atoms with E-state index in [1.165, 1.54) is 18.2 Å². The van der Waals surface area contributed by atoms with E-state index in [9.17, 15) is 13.0 Å². The molecule has 0 saturated heterocycles. The van der Waals surface area contributed by atoms with Gasteiger partial charge in [0.1, 0.15) is 4.90 Å². The second-order valence-electron chi connectivity index (χ2n) is 13.1. The van der Waals surface area contributed by atoms with E-state index in [0.29, 0.717) is 41.3 Å². The van der Waals surface area contributed by atoms with Gasteiger partial charge >= 0.3 is 0 Å². The summed E-state index contributed by atoms with van der Waals surface area (Å²) in [6.07, 6.45) is 3.08. The molecular formula is C38H42N14O6S2. The van der Waals surface area contributed by atoms with Gasteiger partial charge in [0, 0.05) is 52.8 Å². The third kappa shape index (κ3) is 13.0. The summed E-state index contributed by atoms with van der Waals surface area (Å²) in [6.45, 7) is 4.46. The van der Waals surface area contributed by atoms with Crippen LogP contribution >= 0.6 is 12.0 Å². The molecule has 12 N–H and O–H groups in total. The molecule has 2 unspecified atom stereocenters. The SMILES string of the molecule is CC(N)CNc1nc(Nc2ccccc2)nc(Nc2ccc(/C=C/c3ccc(Nc4nc(NCC(C)N)nc(Nc5ccccc5)n4)cc3S(=O)(=O)O)c(SOOO)c2)n1. The molecule has 0 saturated carbocycles. The predicted molar refractivity (Wildman–Crippen MR) is 232 cm³/mol. The van der Waals surface area contributed by atoms with Crippen LogP contribution < -0.4 is 43.4 Å². The van der Waals surface area contributed by atoms with Gasteiger partial charge in [-0.25, -0.2) is 5.26 Å². The molecule has 20 nitrogen and oxygen atoms in total. The van der Waals surface area contributed by atoms with Gasteiger partial charge in [-0.2, -0.15) is 38.3 Å². The summed E-state index contributed by atoms with van der Waals surface area (Å²) in [7, 11) is -4.74. The van der Waals surface area contributed by atoms with Crippen molar-refractivity contribution in [3.8, 4) is 0 Å². The minimum absolute atomic E-state index is 0.0835. The lowest BCUT2D eigenvalue weighted by Gasteiger charge is -2.13. The zero-order valence-corrected chi connectivity index (χ0v) is 33.8. The number of benzene rings is 4. The van der Waals surface area contributed by atoms with E-state index < -0.39 is 15.0 Å². The second-order valence-corrected chi connectivity index (χ2v) is 15.2. The van der Waals surface area contributed by atoms with Gasteiger partial charge in [-0.05, 0) is 73.5 Å². The van der Waals surface area contributed by atoms with Crippen molar-refractivity contribution in [2.24, 2.45) is 11.5 Å². The summed E-state index contributed by atoms with van der Waals surface area (Å²) >= 11 is 0.678. The highest BCUT2D eigenvalue weighted by Gasteiger charge is 2.17. The van der Waals surface area contributed by atoms with Crippen molar-refractivity contribution < 1.29 is 27.6 Å². The molecule has 6 rings (SSSR count). The standard InChI is InChI=1S/C38H42N14O6S2/c1-23(39)21-41-33-47-35(43-27-9-5-3-6-10-27)51-37(49-33)45-29-17-15-25(31(19-29)59-58-57-53)13-14-26-16-18-30(20-32(26)60(54,55)56)46-38-50-34(42-22-24(2)40)48-36(52-38)44-28-11-7-4-8-12-28/h3-20,23-24,53H,21-22,39-40H2,1-2H3,(H,54,55,56)(H3,41,43,45,47,49,51)(H3,42,44,46,48,50,52)/b14-13+. The molecule has 0 amide bonds. The zero-order valence-electron chi connectivity index (χ0n) is 32.1. The van der Waals surface area contributed by atoms with Crippen molar-refractivity contribution in [3.05, 3.63) is 108 Å². The molecule has 22 heteroatoms. The fourth-order valence-electron chi connectivity index (χ4n) is 5.22. The first-order valence-electron chi connectivity index (χ1n) is 18.2. The fraction of sp³-hybridized carbons (Fsp3) is 0.158. The highest BCUT2D eigenvalue weighted by Crippen LogP contribution is 2.31. The van der Waals surface area contributed by atoms with Gasteiger partial charge < -0.3 is 43.4 Å². The topological polar surface area (TPSA) is 295 Å². The average Bonchev–Trinajstić information content (AvgIpc) is 3.21. The van der Waals surface area contributed by atoms with E-state index in [0.717, 1.165) is 11.4 Å². The maximum absolute atomic E-state index is 12.7. The summed E-state index contributed by atoms with van der Waals surface area (Å²) < 4.78 is 40.4. The van der Waals surface area contributed by atoms with Gasteiger partial charge in [-0.15, -0.1) is 4.33 Å². The maximum atomic E-state index is 12.7. The molecule has 0 fully saturated rings. The van der Waals surface area contributed by atoms with E-state index in [1.54, 1.807) is 30.3 Å². The number of hydrogen-bond donors (Lipinski definition) is 10. The van der Waals surface area contributed by atoms with Gasteiger partial charge in [0.2, 0.25) is 35.7 Å². The van der Waals surface area contributed by atoms with Crippen LogP contribution in [0.25, 0.3) is 12.2 Å². The van der Waals surface area contributed by atoms with Gasteiger partial charge in [-0.1, -0.05) is 65.7 Å². The largest absolute Gasteiger partial charge is 0.352 e. The van der Waals surface area contributed by atoms with Crippen LogP contribution in [0.4, 0.5) is 58.4 Å². The molecule has 2 aromatic heterocycles. The van der Waals surface area contributed by atoms with Crippen LogP contribution in [0.2, 0.25) is 0 Å². The Morgan fingerprint density at radius 1 is 0.617 bits per heavy atom. The van der Waals surface area contributed by atoms with Crippen LogP contribution in [0.1, 0.15) is 25.0 Å². The third-order valence-corrected chi connectivity index (χ3v) is 9.48. The molecule has 2 heterocycles. The Morgan fingerprint density at radius 2 is 1.03 bits per heavy atom. The number of nitrogens with one attached hydrogen (secondary N) is 6. The number of nitrogens with zero attached hydrogens (tertiary/aromatic N) is 6. The van der Waals surface area contributed by atoms with E-state index in [2.05, 4.69) is 66.8 Å². The van der Waals surface area contributed by atoms with Crippen LogP contribution in [0.15, 0.2) is 107 Å². The number of anilines is 10. The zero-order chi connectivity index (χ0) is 42.5. The van der Waals surface area contributed by atoms with Crippen molar-refractivity contribution in [1.29, 1.82) is 0 Å². The monoisotopic (exact) mass is 854 g/mol. The Kier molecular flexibility index (Phi) is 14.7. The van der Waals surface area contributed by atoms with Gasteiger partial charge in [0.25, 0.3) is 10.1 Å². The van der Waals surface area contributed by atoms with Crippen molar-refractivity contribution in [1.82, 2.24) is 29.9 Å². The molecule has 2 atom stereocenters. The first kappa shape index (κ1) is 43.1. The number of aromatic nitrogens is 6. The summed E-state index contributed by atoms with van der Waals surface area (Å²) in [4.78, 5) is 26.7. The molecule has 0 aliphatic rings. The Bertz CT molecular complexity index is 2500. The summed E-state index contributed by atoms with van der Waals surface area (Å²) in [5, 5.41) is 31.4. The van der Waals surface area contributed by atoms with Gasteiger partial charge in [-0.3, -0.25) is 4.55 Å². The van der Waals surface area contributed by atoms with E-state index in [-0.39, 0.29) is 59.0 Å². The maximum Gasteiger partial charge on any atom is 0.295 e. The molecule has 0 spiro atoms. The lowest BCUT2D eigenvalue weighted by Crippen LogP contribution is -2.26. The molecule has 0 aliphatic carbocycles. The first-order chi connectivity index (χ1) is 28.9. The Morgan fingerprint density at radius 3 is 1.48 bits per heavy atom. The van der Waals surface area contributed by atoms with Crippen LogP contribution in [0.5, 0.6) is 0 Å². The van der Waals surface area contributed by atoms with Crippen LogP contribution in [0.3, 0.4) is 0 Å². The molecule has 4 aromatic carbocycles. The summed E-state index contributed by atoms with van der Waals surface area (Å²) in [5.41, 5.74) is 14.8. The molecular weight excluding hydrogens is 813 g/mol. The minimum Gasteiger partial charge on any atom is -0.352 e. The van der Waals surface area contributed by atoms with Crippen molar-refractivity contribution in [2.75, 3.05) is 45.0 Å². The molecule has 0 bridgehead atoms. The number of hydrogen-bond acceptors (Lipinski definition) is 20. The lowest BCUT2D eigenvalue weighted by molar-refractivity contribution is -0.432. The summed E-state index contributed by atoms with van der Waals surface area (Å²) in [5.74, 6) is 1.26. The molecule has 60 heavy (non-hydrogen) atoms. The smallest absolute Gasteiger partial charge is 0.295 e. The normalized spacial score (nSPS) is 12.4. The number of nitrogens with two attached hydrogens (primary N) is 2. The Labute approximate surface area is 349 Å². The van der Waals surface area contributed by atoms with Crippen LogP contribution in [-0.2, 0) is 19.5 Å². The highest BCUT2D eigenvalue weighted by atomic mass is 32.2. The molecule has 0 radical (unpaired) electrons. The number of rotatable bonds is 20. The lowest BCUT2D eigenvalue weighted by atomic mass is 10.1. The van der Waals surface area contributed by atoms with Gasteiger partial charge in [0.15, 0.2) is 0 Å². The fourth-order valence-corrected chi connectivity index (χ4v) is 6.45. The highest BCUT2D eigenvalue weighted by molar-refractivity contribution is 7.94. The Hall–Kier alpha value is -6.50. The minimum atomic E-state index is -4.74. The third-order valence-electron chi connectivity index (χ3n) is 7.91. The molecule has 312 valence electrons. The van der Waals surface area contributed by atoms with E-state index in [1.807, 2.05) is 74.5 Å². The Balaban J connectivity index is 1.25. The van der Waals surface area contributed by atoms with Gasteiger partial charge in [0.05, 0.1) is 12.0 Å². The number of para-hydroxylation sites is 2. The van der Waals surface area contributed by atoms with Crippen molar-refractivity contribution >= 4 is 92.8 Å². The second kappa shape index (κ2) is 20.5. The van der Waals surface area contributed by atoms with Crippen LogP contribution in [-0.4, -0.2) is 73.3 Å². The molecule has 6 aromatic rings. The van der Waals surface area contributed by atoms with Crippen LogP contribution in [0, 0.1) is 0 Å².